The maximum Gasteiger partial charge on any atom is 0.248 e. The highest BCUT2D eigenvalue weighted by atomic mass is 32.2. The van der Waals surface area contributed by atoms with E-state index in [0.717, 1.165) is 13.1 Å². The van der Waals surface area contributed by atoms with E-state index < -0.39 is 10.0 Å². The van der Waals surface area contributed by atoms with Crippen LogP contribution in [-0.4, -0.2) is 59.6 Å². The number of sulfonamides is 1. The van der Waals surface area contributed by atoms with Crippen molar-refractivity contribution in [3.05, 3.63) is 6.20 Å². The van der Waals surface area contributed by atoms with Crippen molar-refractivity contribution in [2.24, 2.45) is 0 Å². The Morgan fingerprint density at radius 3 is 2.55 bits per heavy atom. The number of nitrogens with two attached hydrogens (primary N) is 1. The van der Waals surface area contributed by atoms with Crippen molar-refractivity contribution in [1.29, 1.82) is 0 Å². The Morgan fingerprint density at radius 1 is 1.35 bits per heavy atom. The van der Waals surface area contributed by atoms with E-state index in [-0.39, 0.29) is 16.8 Å². The fourth-order valence-corrected chi connectivity index (χ4v) is 4.14. The van der Waals surface area contributed by atoms with Gasteiger partial charge in [-0.3, -0.25) is 9.58 Å². The fourth-order valence-electron chi connectivity index (χ4n) is 2.57. The van der Waals surface area contributed by atoms with Crippen LogP contribution >= 0.6 is 0 Å². The predicted octanol–water partition coefficient (Wildman–Crippen LogP) is 0.200. The summed E-state index contributed by atoms with van der Waals surface area (Å²) in [6.07, 6.45) is 1.52. The Bertz CT molecular complexity index is 568. The molecule has 1 fully saturated rings. The average molecular weight is 301 g/mol. The first-order valence-electron chi connectivity index (χ1n) is 6.97. The van der Waals surface area contributed by atoms with Gasteiger partial charge in [-0.15, -0.1) is 0 Å². The number of nitrogen functional groups attached to an aromatic ring is 1. The summed E-state index contributed by atoms with van der Waals surface area (Å²) in [5, 5.41) is 4.02. The van der Waals surface area contributed by atoms with Crippen LogP contribution in [-0.2, 0) is 16.6 Å². The predicted molar refractivity (Wildman–Crippen MR) is 77.8 cm³/mol. The Hall–Kier alpha value is -1.12. The van der Waals surface area contributed by atoms with Crippen LogP contribution in [0.25, 0.3) is 0 Å². The van der Waals surface area contributed by atoms with Crippen molar-refractivity contribution in [2.45, 2.75) is 38.3 Å². The molecule has 0 saturated carbocycles. The second kappa shape index (κ2) is 5.71. The third-order valence-corrected chi connectivity index (χ3v) is 5.71. The highest BCUT2D eigenvalue weighted by Crippen LogP contribution is 2.23. The average Bonchev–Trinajstić information content (AvgIpc) is 2.80. The summed E-state index contributed by atoms with van der Waals surface area (Å²) < 4.78 is 28.4. The molecule has 1 saturated heterocycles. The number of anilines is 1. The molecule has 1 aromatic heterocycles. The lowest BCUT2D eigenvalue weighted by Crippen LogP contribution is -2.53. The van der Waals surface area contributed by atoms with Crippen molar-refractivity contribution >= 4 is 15.8 Å². The number of nitrogens with zero attached hydrogens (tertiary/aromatic N) is 4. The third-order valence-electron chi connectivity index (χ3n) is 3.83. The van der Waals surface area contributed by atoms with Crippen LogP contribution in [0.4, 0.5) is 5.82 Å². The molecular formula is C12H23N5O2S. The number of aromatic nitrogens is 2. The van der Waals surface area contributed by atoms with E-state index in [0.29, 0.717) is 19.6 Å². The van der Waals surface area contributed by atoms with E-state index in [1.54, 1.807) is 4.68 Å². The summed E-state index contributed by atoms with van der Waals surface area (Å²) in [6, 6.07) is 0.214. The number of hydrogen-bond donors (Lipinski definition) is 1. The van der Waals surface area contributed by atoms with Crippen molar-refractivity contribution < 1.29 is 8.42 Å². The van der Waals surface area contributed by atoms with E-state index in [9.17, 15) is 8.42 Å². The topological polar surface area (TPSA) is 84.5 Å². The van der Waals surface area contributed by atoms with Gasteiger partial charge < -0.3 is 5.73 Å². The van der Waals surface area contributed by atoms with Crippen LogP contribution in [0.2, 0.25) is 0 Å². The fraction of sp³-hybridized carbons (Fsp3) is 0.750. The zero-order valence-corrected chi connectivity index (χ0v) is 13.1. The van der Waals surface area contributed by atoms with E-state index >= 15 is 0 Å². The number of hydrogen-bond acceptors (Lipinski definition) is 5. The molecule has 0 bridgehead atoms. The molecule has 1 unspecified atom stereocenters. The zero-order chi connectivity index (χ0) is 14.9. The first kappa shape index (κ1) is 15.3. The summed E-state index contributed by atoms with van der Waals surface area (Å²) in [4.78, 5) is 2.39. The molecule has 114 valence electrons. The van der Waals surface area contributed by atoms with E-state index in [2.05, 4.69) is 16.9 Å². The number of rotatable bonds is 4. The molecule has 8 heteroatoms. The number of aryl methyl sites for hydroxylation is 1. The van der Waals surface area contributed by atoms with Crippen molar-refractivity contribution in [1.82, 2.24) is 19.0 Å². The largest absolute Gasteiger partial charge is 0.381 e. The maximum atomic E-state index is 12.7. The lowest BCUT2D eigenvalue weighted by Gasteiger charge is -2.38. The lowest BCUT2D eigenvalue weighted by atomic mass is 10.2. The van der Waals surface area contributed by atoms with Gasteiger partial charge >= 0.3 is 0 Å². The van der Waals surface area contributed by atoms with Gasteiger partial charge in [-0.25, -0.2) is 8.42 Å². The molecule has 1 aliphatic rings. The van der Waals surface area contributed by atoms with Crippen LogP contribution < -0.4 is 5.73 Å². The van der Waals surface area contributed by atoms with E-state index in [1.165, 1.54) is 10.5 Å². The molecule has 2 N–H and O–H groups in total. The molecule has 1 aromatic rings. The van der Waals surface area contributed by atoms with Crippen molar-refractivity contribution in [3.63, 3.8) is 0 Å². The SMILES string of the molecule is CCN1CCN(S(=O)(=O)c2cn(CC)nc2N)CC1C. The maximum absolute atomic E-state index is 12.7. The van der Waals surface area contributed by atoms with Crippen LogP contribution in [0, 0.1) is 0 Å². The number of piperazine rings is 1. The zero-order valence-electron chi connectivity index (χ0n) is 12.3. The van der Waals surface area contributed by atoms with Gasteiger partial charge in [0.2, 0.25) is 10.0 Å². The quantitative estimate of drug-likeness (QED) is 0.859. The second-order valence-electron chi connectivity index (χ2n) is 5.07. The molecule has 0 amide bonds. The van der Waals surface area contributed by atoms with E-state index in [4.69, 9.17) is 5.73 Å². The van der Waals surface area contributed by atoms with Crippen molar-refractivity contribution in [3.8, 4) is 0 Å². The van der Waals surface area contributed by atoms with Crippen LogP contribution in [0.3, 0.4) is 0 Å². The molecule has 2 rings (SSSR count). The Labute approximate surface area is 120 Å². The molecular weight excluding hydrogens is 278 g/mol. The Balaban J connectivity index is 2.25. The summed E-state index contributed by atoms with van der Waals surface area (Å²) >= 11 is 0. The van der Waals surface area contributed by atoms with Crippen LogP contribution in [0.15, 0.2) is 11.1 Å². The highest BCUT2D eigenvalue weighted by Gasteiger charge is 2.33. The van der Waals surface area contributed by atoms with Gasteiger partial charge in [0.25, 0.3) is 0 Å². The van der Waals surface area contributed by atoms with Gasteiger partial charge in [-0.1, -0.05) is 6.92 Å². The second-order valence-corrected chi connectivity index (χ2v) is 6.98. The summed E-state index contributed by atoms with van der Waals surface area (Å²) in [6.45, 7) is 9.30. The standard InChI is InChI=1S/C12H23N5O2S/c1-4-15-6-7-17(8-10(15)3)20(18,19)11-9-16(5-2)14-12(11)13/h9-10H,4-8H2,1-3H3,(H2,13,14). The van der Waals surface area contributed by atoms with Gasteiger partial charge in [0, 0.05) is 38.4 Å². The number of likely N-dealkylation sites (N-methyl/N-ethyl adjacent to an activating group) is 1. The summed E-state index contributed by atoms with van der Waals surface area (Å²) in [5.74, 6) is 0.0809. The minimum atomic E-state index is -3.55. The minimum absolute atomic E-state index is 0.0809. The summed E-state index contributed by atoms with van der Waals surface area (Å²) in [7, 11) is -3.55. The highest BCUT2D eigenvalue weighted by molar-refractivity contribution is 7.89. The van der Waals surface area contributed by atoms with Gasteiger partial charge in [0.15, 0.2) is 5.82 Å². The molecule has 1 aliphatic heterocycles. The third kappa shape index (κ3) is 2.68. The monoisotopic (exact) mass is 301 g/mol. The van der Waals surface area contributed by atoms with Crippen LogP contribution in [0.5, 0.6) is 0 Å². The van der Waals surface area contributed by atoms with Crippen molar-refractivity contribution in [2.75, 3.05) is 31.9 Å². The normalized spacial score (nSPS) is 22.2. The molecule has 0 radical (unpaired) electrons. The first-order chi connectivity index (χ1) is 9.40. The van der Waals surface area contributed by atoms with Gasteiger partial charge in [-0.05, 0) is 20.4 Å². The molecule has 7 nitrogen and oxygen atoms in total. The van der Waals surface area contributed by atoms with Crippen LogP contribution in [0.1, 0.15) is 20.8 Å². The Kier molecular flexibility index (Phi) is 4.36. The first-order valence-corrected chi connectivity index (χ1v) is 8.41. The lowest BCUT2D eigenvalue weighted by molar-refractivity contribution is 0.135. The molecule has 20 heavy (non-hydrogen) atoms. The van der Waals surface area contributed by atoms with Gasteiger partial charge in [0.1, 0.15) is 4.90 Å². The molecule has 2 heterocycles. The van der Waals surface area contributed by atoms with Gasteiger partial charge in [0.05, 0.1) is 0 Å². The Morgan fingerprint density at radius 2 is 2.05 bits per heavy atom. The smallest absolute Gasteiger partial charge is 0.248 e. The van der Waals surface area contributed by atoms with Gasteiger partial charge in [-0.2, -0.15) is 9.40 Å². The molecule has 0 spiro atoms. The molecule has 0 aliphatic carbocycles. The molecule has 1 atom stereocenters. The van der Waals surface area contributed by atoms with E-state index in [1.807, 2.05) is 13.8 Å². The summed E-state index contributed by atoms with van der Waals surface area (Å²) in [5.41, 5.74) is 5.75. The minimum Gasteiger partial charge on any atom is -0.381 e. The molecule has 0 aromatic carbocycles.